The first kappa shape index (κ1) is 9.91. The minimum atomic E-state index is 0.246. The predicted octanol–water partition coefficient (Wildman–Crippen LogP) is 3.92. The molecule has 3 heteroatoms. The summed E-state index contributed by atoms with van der Waals surface area (Å²) < 4.78 is 5.75. The molecule has 0 bridgehead atoms. The number of halogens is 1. The highest BCUT2D eigenvalue weighted by atomic mass is 35.5. The standard InChI is InChI=1S/C13H11ClO2/c14-11-3-1-2-9-7-12(16-13(9)11)8-4-5-10(15)6-8/h1-3,7-8H,4-6H2. The highest BCUT2D eigenvalue weighted by Gasteiger charge is 2.26. The number of hydrogen-bond donors (Lipinski definition) is 0. The fourth-order valence-electron chi connectivity index (χ4n) is 2.31. The van der Waals surface area contributed by atoms with Gasteiger partial charge >= 0.3 is 0 Å². The van der Waals surface area contributed by atoms with Crippen molar-refractivity contribution in [3.05, 3.63) is 35.0 Å². The Morgan fingerprint density at radius 1 is 1.38 bits per heavy atom. The number of carbonyl (C=O) groups is 1. The van der Waals surface area contributed by atoms with E-state index >= 15 is 0 Å². The predicted molar refractivity (Wildman–Crippen MR) is 62.8 cm³/mol. The van der Waals surface area contributed by atoms with Gasteiger partial charge in [0.15, 0.2) is 5.58 Å². The average molecular weight is 235 g/mol. The van der Waals surface area contributed by atoms with Crippen molar-refractivity contribution in [2.75, 3.05) is 0 Å². The first-order valence-electron chi connectivity index (χ1n) is 5.44. The summed E-state index contributed by atoms with van der Waals surface area (Å²) in [4.78, 5) is 11.2. The molecule has 1 aliphatic rings. The Hall–Kier alpha value is -1.28. The van der Waals surface area contributed by atoms with Gasteiger partial charge in [-0.1, -0.05) is 23.7 Å². The molecule has 3 rings (SSSR count). The lowest BCUT2D eigenvalue weighted by Crippen LogP contribution is -1.91. The van der Waals surface area contributed by atoms with E-state index in [1.54, 1.807) is 0 Å². The van der Waals surface area contributed by atoms with E-state index < -0.39 is 0 Å². The molecule has 1 aliphatic carbocycles. The third-order valence-electron chi connectivity index (χ3n) is 3.16. The Morgan fingerprint density at radius 3 is 2.94 bits per heavy atom. The second kappa shape index (κ2) is 3.63. The summed E-state index contributed by atoms with van der Waals surface area (Å²) in [5.41, 5.74) is 0.735. The molecule has 1 aromatic heterocycles. The topological polar surface area (TPSA) is 30.2 Å². The lowest BCUT2D eigenvalue weighted by atomic mass is 10.1. The van der Waals surface area contributed by atoms with Crippen molar-refractivity contribution < 1.29 is 9.21 Å². The average Bonchev–Trinajstić information content (AvgIpc) is 2.84. The summed E-state index contributed by atoms with van der Waals surface area (Å²) in [6, 6.07) is 7.70. The molecule has 16 heavy (non-hydrogen) atoms. The van der Waals surface area contributed by atoms with Gasteiger partial charge < -0.3 is 4.42 Å². The molecular formula is C13H11ClO2. The van der Waals surface area contributed by atoms with Crippen LogP contribution in [0.3, 0.4) is 0 Å². The van der Waals surface area contributed by atoms with Crippen molar-refractivity contribution in [1.29, 1.82) is 0 Å². The number of ketones is 1. The molecule has 0 amide bonds. The molecule has 0 radical (unpaired) electrons. The number of fused-ring (bicyclic) bond motifs is 1. The molecule has 0 aliphatic heterocycles. The van der Waals surface area contributed by atoms with E-state index in [1.165, 1.54) is 0 Å². The summed E-state index contributed by atoms with van der Waals surface area (Å²) in [7, 11) is 0. The number of Topliss-reactive ketones (excluding diaryl/α,β-unsaturated/α-hetero) is 1. The molecular weight excluding hydrogens is 224 g/mol. The summed E-state index contributed by atoms with van der Waals surface area (Å²) >= 11 is 6.05. The lowest BCUT2D eigenvalue weighted by molar-refractivity contribution is -0.117. The van der Waals surface area contributed by atoms with Crippen molar-refractivity contribution in [2.24, 2.45) is 0 Å². The normalized spacial score (nSPS) is 20.8. The molecule has 2 aromatic rings. The van der Waals surface area contributed by atoms with Crippen LogP contribution in [0.25, 0.3) is 11.0 Å². The Balaban J connectivity index is 2.05. The lowest BCUT2D eigenvalue weighted by Gasteiger charge is -2.01. The van der Waals surface area contributed by atoms with Gasteiger partial charge in [-0.15, -0.1) is 0 Å². The van der Waals surface area contributed by atoms with Gasteiger partial charge in [-0.3, -0.25) is 4.79 Å². The second-order valence-electron chi connectivity index (χ2n) is 4.29. The fraction of sp³-hybridized carbons (Fsp3) is 0.308. The number of furan rings is 1. The third kappa shape index (κ3) is 1.54. The van der Waals surface area contributed by atoms with Gasteiger partial charge in [-0.2, -0.15) is 0 Å². The van der Waals surface area contributed by atoms with Crippen LogP contribution in [0.2, 0.25) is 5.02 Å². The Morgan fingerprint density at radius 2 is 2.25 bits per heavy atom. The zero-order chi connectivity index (χ0) is 11.1. The maximum absolute atomic E-state index is 11.2. The fourth-order valence-corrected chi connectivity index (χ4v) is 2.53. The Bertz CT molecular complexity index is 556. The van der Waals surface area contributed by atoms with Crippen LogP contribution in [0.1, 0.15) is 30.9 Å². The van der Waals surface area contributed by atoms with Crippen molar-refractivity contribution in [1.82, 2.24) is 0 Å². The maximum atomic E-state index is 11.2. The van der Waals surface area contributed by atoms with E-state index in [2.05, 4.69) is 0 Å². The van der Waals surface area contributed by atoms with Crippen LogP contribution in [0, 0.1) is 0 Å². The van der Waals surface area contributed by atoms with E-state index in [-0.39, 0.29) is 5.92 Å². The van der Waals surface area contributed by atoms with Gasteiger partial charge in [-0.25, -0.2) is 0 Å². The van der Waals surface area contributed by atoms with Gasteiger partial charge in [0.2, 0.25) is 0 Å². The smallest absolute Gasteiger partial charge is 0.152 e. The van der Waals surface area contributed by atoms with Crippen LogP contribution < -0.4 is 0 Å². The highest BCUT2D eigenvalue weighted by Crippen LogP contribution is 2.36. The van der Waals surface area contributed by atoms with Crippen LogP contribution in [-0.2, 0) is 4.79 Å². The molecule has 2 nitrogen and oxygen atoms in total. The first-order valence-corrected chi connectivity index (χ1v) is 5.81. The molecule has 0 saturated heterocycles. The van der Waals surface area contributed by atoms with Gasteiger partial charge in [0.1, 0.15) is 11.5 Å². The second-order valence-corrected chi connectivity index (χ2v) is 4.69. The van der Waals surface area contributed by atoms with E-state index in [1.807, 2.05) is 24.3 Å². The largest absolute Gasteiger partial charge is 0.459 e. The molecule has 1 fully saturated rings. The molecule has 1 heterocycles. The number of para-hydroxylation sites is 1. The Labute approximate surface area is 98.2 Å². The quantitative estimate of drug-likeness (QED) is 0.749. The van der Waals surface area contributed by atoms with Crippen molar-refractivity contribution in [3.63, 3.8) is 0 Å². The van der Waals surface area contributed by atoms with Gasteiger partial charge in [-0.05, 0) is 18.6 Å². The van der Waals surface area contributed by atoms with E-state index in [9.17, 15) is 4.79 Å². The third-order valence-corrected chi connectivity index (χ3v) is 3.46. The minimum Gasteiger partial charge on any atom is -0.459 e. The van der Waals surface area contributed by atoms with Gasteiger partial charge in [0.05, 0.1) is 5.02 Å². The molecule has 82 valence electrons. The molecule has 1 unspecified atom stereocenters. The molecule has 1 saturated carbocycles. The van der Waals surface area contributed by atoms with Gasteiger partial charge in [0, 0.05) is 24.1 Å². The van der Waals surface area contributed by atoms with Crippen molar-refractivity contribution in [3.8, 4) is 0 Å². The highest BCUT2D eigenvalue weighted by molar-refractivity contribution is 6.34. The number of carbonyl (C=O) groups excluding carboxylic acids is 1. The van der Waals surface area contributed by atoms with Crippen molar-refractivity contribution >= 4 is 28.4 Å². The van der Waals surface area contributed by atoms with E-state index in [0.717, 1.165) is 23.2 Å². The zero-order valence-electron chi connectivity index (χ0n) is 8.70. The summed E-state index contributed by atoms with van der Waals surface area (Å²) in [5, 5.41) is 1.65. The van der Waals surface area contributed by atoms with Crippen LogP contribution in [0.15, 0.2) is 28.7 Å². The summed E-state index contributed by atoms with van der Waals surface area (Å²) in [6.45, 7) is 0. The number of benzene rings is 1. The van der Waals surface area contributed by atoms with E-state index in [0.29, 0.717) is 23.6 Å². The van der Waals surface area contributed by atoms with Crippen LogP contribution >= 0.6 is 11.6 Å². The summed E-state index contributed by atoms with van der Waals surface area (Å²) in [5.74, 6) is 1.47. The van der Waals surface area contributed by atoms with E-state index in [4.69, 9.17) is 16.0 Å². The monoisotopic (exact) mass is 234 g/mol. The first-order chi connectivity index (χ1) is 7.74. The maximum Gasteiger partial charge on any atom is 0.152 e. The SMILES string of the molecule is O=C1CCC(c2cc3cccc(Cl)c3o2)C1. The molecule has 0 spiro atoms. The van der Waals surface area contributed by atoms with Crippen molar-refractivity contribution in [2.45, 2.75) is 25.2 Å². The number of rotatable bonds is 1. The van der Waals surface area contributed by atoms with Gasteiger partial charge in [0.25, 0.3) is 0 Å². The summed E-state index contributed by atoms with van der Waals surface area (Å²) in [6.07, 6.45) is 2.18. The molecule has 1 atom stereocenters. The number of hydrogen-bond acceptors (Lipinski definition) is 2. The molecule has 1 aromatic carbocycles. The van der Waals surface area contributed by atoms with Crippen LogP contribution in [0.4, 0.5) is 0 Å². The molecule has 0 N–H and O–H groups in total. The zero-order valence-corrected chi connectivity index (χ0v) is 9.46. The Kier molecular flexibility index (Phi) is 2.25. The van der Waals surface area contributed by atoms with Crippen LogP contribution in [-0.4, -0.2) is 5.78 Å². The minimum absolute atomic E-state index is 0.246. The van der Waals surface area contributed by atoms with Crippen LogP contribution in [0.5, 0.6) is 0 Å².